The second kappa shape index (κ2) is 5.90. The first-order valence-corrected chi connectivity index (χ1v) is 6.27. The van der Waals surface area contributed by atoms with Crippen molar-refractivity contribution in [3.05, 3.63) is 28.3 Å². The van der Waals surface area contributed by atoms with Crippen LogP contribution in [0.15, 0.2) is 12.1 Å². The van der Waals surface area contributed by atoms with E-state index in [0.29, 0.717) is 22.2 Å². The Balaban J connectivity index is 2.21. The van der Waals surface area contributed by atoms with Crippen molar-refractivity contribution in [1.82, 2.24) is 0 Å². The Morgan fingerprint density at radius 1 is 1.39 bits per heavy atom. The molecule has 0 spiro atoms. The minimum atomic E-state index is 0.374. The second-order valence-electron chi connectivity index (χ2n) is 4.26. The lowest BCUT2D eigenvalue weighted by Gasteiger charge is -2.16. The molecule has 1 saturated heterocycles. The van der Waals surface area contributed by atoms with E-state index < -0.39 is 0 Å². The zero-order valence-electron chi connectivity index (χ0n) is 10.0. The first-order chi connectivity index (χ1) is 8.70. The topological polar surface area (TPSA) is 59.1 Å². The monoisotopic (exact) mass is 262 g/mol. The van der Waals surface area contributed by atoms with Crippen molar-refractivity contribution in [2.75, 3.05) is 18.9 Å². The van der Waals surface area contributed by atoms with Crippen LogP contribution >= 0.6 is 11.6 Å². The SMILES string of the molecule is N=Cc1cc(Cl)c(C#CC2CCOCC2)cc1N. The first-order valence-electron chi connectivity index (χ1n) is 5.89. The van der Waals surface area contributed by atoms with Crippen molar-refractivity contribution >= 4 is 23.5 Å². The lowest BCUT2D eigenvalue weighted by molar-refractivity contribution is 0.0807. The molecule has 1 heterocycles. The van der Waals surface area contributed by atoms with E-state index in [-0.39, 0.29) is 0 Å². The number of anilines is 1. The molecule has 0 atom stereocenters. The number of hydrogen-bond donors (Lipinski definition) is 2. The fourth-order valence-electron chi connectivity index (χ4n) is 1.85. The number of nitrogen functional groups attached to an aromatic ring is 1. The predicted octanol–water partition coefficient (Wildman–Crippen LogP) is 2.70. The van der Waals surface area contributed by atoms with E-state index >= 15 is 0 Å². The number of rotatable bonds is 1. The smallest absolute Gasteiger partial charge is 0.0570 e. The summed E-state index contributed by atoms with van der Waals surface area (Å²) in [6.07, 6.45) is 3.13. The largest absolute Gasteiger partial charge is 0.398 e. The highest BCUT2D eigenvalue weighted by molar-refractivity contribution is 6.32. The maximum atomic E-state index is 7.20. The van der Waals surface area contributed by atoms with Crippen LogP contribution in [0.2, 0.25) is 5.02 Å². The maximum Gasteiger partial charge on any atom is 0.0570 e. The molecule has 4 heteroatoms. The zero-order valence-corrected chi connectivity index (χ0v) is 10.8. The molecular formula is C14H15ClN2O. The van der Waals surface area contributed by atoms with Gasteiger partial charge in [-0.25, -0.2) is 0 Å². The van der Waals surface area contributed by atoms with Gasteiger partial charge in [0, 0.05) is 42.2 Å². The van der Waals surface area contributed by atoms with Gasteiger partial charge in [-0.1, -0.05) is 23.4 Å². The molecule has 2 rings (SSSR count). The van der Waals surface area contributed by atoms with Gasteiger partial charge in [-0.15, -0.1) is 0 Å². The van der Waals surface area contributed by atoms with Crippen LogP contribution in [0.25, 0.3) is 0 Å². The van der Waals surface area contributed by atoms with E-state index in [9.17, 15) is 0 Å². The molecule has 94 valence electrons. The van der Waals surface area contributed by atoms with E-state index in [1.54, 1.807) is 12.1 Å². The summed E-state index contributed by atoms with van der Waals surface area (Å²) in [5.74, 6) is 6.67. The van der Waals surface area contributed by atoms with E-state index in [4.69, 9.17) is 27.5 Å². The van der Waals surface area contributed by atoms with Crippen molar-refractivity contribution in [1.29, 1.82) is 5.41 Å². The van der Waals surface area contributed by atoms with E-state index in [1.807, 2.05) is 0 Å². The number of ether oxygens (including phenoxy) is 1. The Bertz CT molecular complexity index is 511. The number of halogens is 1. The third kappa shape index (κ3) is 3.04. The first kappa shape index (κ1) is 12.9. The van der Waals surface area contributed by atoms with Gasteiger partial charge in [-0.2, -0.15) is 0 Å². The van der Waals surface area contributed by atoms with Crippen LogP contribution in [0.5, 0.6) is 0 Å². The average molecular weight is 263 g/mol. The van der Waals surface area contributed by atoms with Crippen molar-refractivity contribution < 1.29 is 4.74 Å². The summed E-state index contributed by atoms with van der Waals surface area (Å²) in [6, 6.07) is 3.41. The van der Waals surface area contributed by atoms with Gasteiger partial charge in [-0.3, -0.25) is 0 Å². The number of hydrogen-bond acceptors (Lipinski definition) is 3. The molecule has 3 nitrogen and oxygen atoms in total. The van der Waals surface area contributed by atoms with Crippen LogP contribution in [-0.2, 0) is 4.74 Å². The molecule has 0 bridgehead atoms. The third-order valence-corrected chi connectivity index (χ3v) is 3.27. The highest BCUT2D eigenvalue weighted by Gasteiger charge is 2.10. The second-order valence-corrected chi connectivity index (χ2v) is 4.67. The molecule has 1 aromatic carbocycles. The Morgan fingerprint density at radius 2 is 2.11 bits per heavy atom. The molecule has 18 heavy (non-hydrogen) atoms. The summed E-state index contributed by atoms with van der Waals surface area (Å²) in [5.41, 5.74) is 7.69. The molecule has 0 unspecified atom stereocenters. The van der Waals surface area contributed by atoms with Gasteiger partial charge >= 0.3 is 0 Å². The van der Waals surface area contributed by atoms with Crippen LogP contribution in [-0.4, -0.2) is 19.4 Å². The van der Waals surface area contributed by atoms with Gasteiger partial charge in [-0.05, 0) is 25.0 Å². The van der Waals surface area contributed by atoms with E-state index in [2.05, 4.69) is 11.8 Å². The Morgan fingerprint density at radius 3 is 2.78 bits per heavy atom. The van der Waals surface area contributed by atoms with Gasteiger partial charge in [0.1, 0.15) is 0 Å². The minimum Gasteiger partial charge on any atom is -0.398 e. The van der Waals surface area contributed by atoms with Crippen molar-refractivity contribution in [3.8, 4) is 11.8 Å². The molecule has 0 aliphatic carbocycles. The molecule has 1 fully saturated rings. The van der Waals surface area contributed by atoms with E-state index in [1.165, 1.54) is 6.21 Å². The van der Waals surface area contributed by atoms with Crippen LogP contribution in [0.4, 0.5) is 5.69 Å². The van der Waals surface area contributed by atoms with Gasteiger partial charge in [0.15, 0.2) is 0 Å². The summed E-state index contributed by atoms with van der Waals surface area (Å²) in [5, 5.41) is 7.74. The van der Waals surface area contributed by atoms with Crippen molar-refractivity contribution in [3.63, 3.8) is 0 Å². The fourth-order valence-corrected chi connectivity index (χ4v) is 2.07. The highest BCUT2D eigenvalue weighted by Crippen LogP contribution is 2.22. The average Bonchev–Trinajstić information content (AvgIpc) is 2.40. The molecule has 0 radical (unpaired) electrons. The summed E-state index contributed by atoms with van der Waals surface area (Å²) in [6.45, 7) is 1.56. The number of benzene rings is 1. The quantitative estimate of drug-likeness (QED) is 0.464. The molecule has 1 aliphatic heterocycles. The summed E-state index contributed by atoms with van der Waals surface area (Å²) in [7, 11) is 0. The molecule has 0 amide bonds. The Hall–Kier alpha value is -1.50. The van der Waals surface area contributed by atoms with Gasteiger partial charge in [0.25, 0.3) is 0 Å². The Labute approximate surface area is 112 Å². The predicted molar refractivity (Wildman–Crippen MR) is 74.2 cm³/mol. The summed E-state index contributed by atoms with van der Waals surface area (Å²) >= 11 is 6.11. The van der Waals surface area contributed by atoms with Crippen LogP contribution in [0, 0.1) is 23.2 Å². The van der Waals surface area contributed by atoms with Crippen LogP contribution in [0.3, 0.4) is 0 Å². The van der Waals surface area contributed by atoms with Gasteiger partial charge < -0.3 is 15.9 Å². The zero-order chi connectivity index (χ0) is 13.0. The number of nitrogens with two attached hydrogens (primary N) is 1. The minimum absolute atomic E-state index is 0.374. The fraction of sp³-hybridized carbons (Fsp3) is 0.357. The normalized spacial score (nSPS) is 15.8. The van der Waals surface area contributed by atoms with Gasteiger partial charge in [0.2, 0.25) is 0 Å². The molecular weight excluding hydrogens is 248 g/mol. The van der Waals surface area contributed by atoms with Crippen molar-refractivity contribution in [2.24, 2.45) is 5.92 Å². The molecule has 0 aromatic heterocycles. The van der Waals surface area contributed by atoms with Crippen LogP contribution in [0.1, 0.15) is 24.0 Å². The lowest BCUT2D eigenvalue weighted by atomic mass is 10.0. The Kier molecular flexibility index (Phi) is 4.24. The molecule has 0 saturated carbocycles. The highest BCUT2D eigenvalue weighted by atomic mass is 35.5. The molecule has 3 N–H and O–H groups in total. The summed E-state index contributed by atoms with van der Waals surface area (Å²) < 4.78 is 5.29. The number of nitrogens with one attached hydrogen (secondary N) is 1. The van der Waals surface area contributed by atoms with E-state index in [0.717, 1.165) is 31.6 Å². The van der Waals surface area contributed by atoms with Gasteiger partial charge in [0.05, 0.1) is 5.02 Å². The third-order valence-electron chi connectivity index (χ3n) is 2.96. The molecule has 1 aliphatic rings. The van der Waals surface area contributed by atoms with Crippen molar-refractivity contribution in [2.45, 2.75) is 12.8 Å². The summed E-state index contributed by atoms with van der Waals surface area (Å²) in [4.78, 5) is 0. The maximum absolute atomic E-state index is 7.20. The van der Waals surface area contributed by atoms with Crippen LogP contribution < -0.4 is 5.73 Å². The molecule has 1 aromatic rings. The standard InChI is InChI=1S/C14H15ClN2O/c15-13-7-12(9-16)14(17)8-11(13)2-1-10-3-5-18-6-4-10/h7-10,16H,3-6,17H2. The lowest BCUT2D eigenvalue weighted by Crippen LogP contribution is -2.13.